The van der Waals surface area contributed by atoms with Crippen molar-refractivity contribution in [2.24, 2.45) is 0 Å². The van der Waals surface area contributed by atoms with Crippen LogP contribution in [0.2, 0.25) is 0 Å². The first-order valence-electron chi connectivity index (χ1n) is 2.15. The van der Waals surface area contributed by atoms with Gasteiger partial charge in [-0.1, -0.05) is 12.7 Å². The molecule has 0 saturated carbocycles. The van der Waals surface area contributed by atoms with Crippen molar-refractivity contribution in [2.75, 3.05) is 6.61 Å². The first-order valence-corrected chi connectivity index (χ1v) is 2.15. The monoisotopic (exact) mass is 136 g/mol. The minimum atomic E-state index is -1.26. The van der Waals surface area contributed by atoms with Crippen LogP contribution in [0.1, 0.15) is 0 Å². The van der Waals surface area contributed by atoms with Crippen molar-refractivity contribution in [1.29, 1.82) is 0 Å². The minimum Gasteiger partial charge on any atom is -0.521 e. The van der Waals surface area contributed by atoms with Crippen LogP contribution >= 0.6 is 0 Å². The molecular weight excluding hydrogens is 127 g/mol. The molecule has 0 aliphatic rings. The molecule has 1 N–H and O–H groups in total. The van der Waals surface area contributed by atoms with Gasteiger partial charge in [-0.25, -0.2) is 4.79 Å². The van der Waals surface area contributed by atoms with Gasteiger partial charge >= 0.3 is 25.0 Å². The van der Waals surface area contributed by atoms with Crippen LogP contribution in [-0.4, -0.2) is 17.9 Å². The third-order valence-electron chi connectivity index (χ3n) is 0.325. The SMILES string of the molecule is C=CCOC(=O)O.[CH-]=C.[Li+]. The zero-order valence-corrected chi connectivity index (χ0v) is 6.04. The maximum Gasteiger partial charge on any atom is 1.00 e. The van der Waals surface area contributed by atoms with E-state index in [-0.39, 0.29) is 25.5 Å². The summed E-state index contributed by atoms with van der Waals surface area (Å²) >= 11 is 0. The molecule has 0 spiro atoms. The predicted octanol–water partition coefficient (Wildman–Crippen LogP) is -1.52. The molecule has 4 heteroatoms. The zero-order chi connectivity index (χ0) is 7.70. The van der Waals surface area contributed by atoms with Gasteiger partial charge in [0.1, 0.15) is 6.61 Å². The topological polar surface area (TPSA) is 46.5 Å². The van der Waals surface area contributed by atoms with Crippen LogP contribution in [0, 0.1) is 6.58 Å². The fourth-order valence-corrected chi connectivity index (χ4v) is 0.130. The Morgan fingerprint density at radius 1 is 1.70 bits per heavy atom. The molecule has 0 aromatic carbocycles. The molecule has 0 aromatic heterocycles. The van der Waals surface area contributed by atoms with E-state index in [1.807, 2.05) is 0 Å². The minimum absolute atomic E-state index is 0. The molecule has 0 atom stereocenters. The first kappa shape index (κ1) is 16.2. The molecule has 52 valence electrons. The summed E-state index contributed by atoms with van der Waals surface area (Å²) in [6, 6.07) is 0. The Morgan fingerprint density at radius 3 is 2.20 bits per heavy atom. The Kier molecular flexibility index (Phi) is 25.5. The average Bonchev–Trinajstić information content (AvgIpc) is 1.88. The third-order valence-corrected chi connectivity index (χ3v) is 0.325. The van der Waals surface area contributed by atoms with E-state index in [0.717, 1.165) is 0 Å². The summed E-state index contributed by atoms with van der Waals surface area (Å²) in [4.78, 5) is 9.49. The van der Waals surface area contributed by atoms with E-state index in [1.165, 1.54) is 6.08 Å². The van der Waals surface area contributed by atoms with Crippen LogP contribution in [0.5, 0.6) is 0 Å². The quantitative estimate of drug-likeness (QED) is 0.217. The largest absolute Gasteiger partial charge is 1.00 e. The molecule has 0 fully saturated rings. The van der Waals surface area contributed by atoms with Gasteiger partial charge < -0.3 is 16.4 Å². The summed E-state index contributed by atoms with van der Waals surface area (Å²) in [6.07, 6.45) is 0.105. The summed E-state index contributed by atoms with van der Waals surface area (Å²) < 4.78 is 3.99. The summed E-state index contributed by atoms with van der Waals surface area (Å²) in [6.45, 7) is 10.3. The number of rotatable bonds is 2. The zero-order valence-electron chi connectivity index (χ0n) is 6.04. The summed E-state index contributed by atoms with van der Waals surface area (Å²) in [5, 5.41) is 7.77. The van der Waals surface area contributed by atoms with Crippen molar-refractivity contribution in [1.82, 2.24) is 0 Å². The molecule has 0 rings (SSSR count). The molecular formula is C6H9LiO3. The first-order chi connectivity index (χ1) is 4.27. The number of carbonyl (C=O) groups is 1. The van der Waals surface area contributed by atoms with E-state index in [0.29, 0.717) is 0 Å². The van der Waals surface area contributed by atoms with Crippen molar-refractivity contribution in [3.8, 4) is 0 Å². The second kappa shape index (κ2) is 15.8. The molecule has 0 unspecified atom stereocenters. The number of hydrogen-bond acceptors (Lipinski definition) is 2. The van der Waals surface area contributed by atoms with Crippen molar-refractivity contribution in [3.63, 3.8) is 0 Å². The van der Waals surface area contributed by atoms with E-state index in [9.17, 15) is 4.79 Å². The van der Waals surface area contributed by atoms with E-state index < -0.39 is 6.16 Å². The van der Waals surface area contributed by atoms with E-state index in [4.69, 9.17) is 5.11 Å². The molecule has 0 aromatic rings. The number of ether oxygens (including phenoxy) is 1. The Labute approximate surface area is 72.6 Å². The Hall–Kier alpha value is -0.653. The van der Waals surface area contributed by atoms with Crippen LogP contribution in [0.4, 0.5) is 4.79 Å². The van der Waals surface area contributed by atoms with Crippen LogP contribution in [0.25, 0.3) is 0 Å². The average molecular weight is 136 g/mol. The van der Waals surface area contributed by atoms with Gasteiger partial charge in [-0.05, 0) is 0 Å². The van der Waals surface area contributed by atoms with Gasteiger partial charge in [-0.3, -0.25) is 6.58 Å². The standard InChI is InChI=1S/C4H6O3.C2H3.Li/c1-2-3-7-4(5)6;1-2;/h2H,1,3H2,(H,5,6);1H,2H2;/q;-1;+1. The molecule has 0 amide bonds. The second-order valence-electron chi connectivity index (χ2n) is 0.866. The molecule has 3 nitrogen and oxygen atoms in total. The van der Waals surface area contributed by atoms with Gasteiger partial charge in [0.15, 0.2) is 0 Å². The third kappa shape index (κ3) is 26.4. The van der Waals surface area contributed by atoms with Crippen LogP contribution in [0.15, 0.2) is 19.2 Å². The molecule has 0 aliphatic heterocycles. The smallest absolute Gasteiger partial charge is 0.521 e. The van der Waals surface area contributed by atoms with E-state index in [1.54, 1.807) is 0 Å². The van der Waals surface area contributed by atoms with E-state index >= 15 is 0 Å². The molecule has 0 radical (unpaired) electrons. The van der Waals surface area contributed by atoms with Crippen molar-refractivity contribution in [2.45, 2.75) is 0 Å². The maximum absolute atomic E-state index is 9.49. The van der Waals surface area contributed by atoms with Crippen molar-refractivity contribution < 1.29 is 33.5 Å². The summed E-state index contributed by atoms with van der Waals surface area (Å²) in [5.74, 6) is 0. The fraction of sp³-hybridized carbons (Fsp3) is 0.167. The maximum atomic E-state index is 9.49. The molecule has 10 heavy (non-hydrogen) atoms. The van der Waals surface area contributed by atoms with Gasteiger partial charge in [0, 0.05) is 0 Å². The van der Waals surface area contributed by atoms with Gasteiger partial charge in [-0.15, -0.1) is 0 Å². The van der Waals surface area contributed by atoms with Crippen LogP contribution in [0.3, 0.4) is 0 Å². The number of hydrogen-bond donors (Lipinski definition) is 1. The fourth-order valence-electron chi connectivity index (χ4n) is 0.130. The van der Waals surface area contributed by atoms with Gasteiger partial charge in [0.05, 0.1) is 0 Å². The van der Waals surface area contributed by atoms with Gasteiger partial charge in [0.25, 0.3) is 0 Å². The molecule has 0 saturated heterocycles. The van der Waals surface area contributed by atoms with Gasteiger partial charge in [-0.2, -0.15) is 0 Å². The second-order valence-corrected chi connectivity index (χ2v) is 0.866. The molecule has 0 bridgehead atoms. The molecule has 0 aliphatic carbocycles. The normalized spacial score (nSPS) is 5.60. The Bertz CT molecular complexity index is 93.0. The predicted molar refractivity (Wildman–Crippen MR) is 34.1 cm³/mol. The number of carboxylic acid groups (broad SMARTS) is 1. The van der Waals surface area contributed by atoms with Crippen LogP contribution in [-0.2, 0) is 4.74 Å². The van der Waals surface area contributed by atoms with E-state index in [2.05, 4.69) is 24.5 Å². The Morgan fingerprint density at radius 2 is 2.10 bits per heavy atom. The van der Waals surface area contributed by atoms with Crippen molar-refractivity contribution >= 4 is 6.16 Å². The summed E-state index contributed by atoms with van der Waals surface area (Å²) in [5.41, 5.74) is 0. The Balaban J connectivity index is -0.000000149. The van der Waals surface area contributed by atoms with Gasteiger partial charge in [0.2, 0.25) is 0 Å². The summed E-state index contributed by atoms with van der Waals surface area (Å²) in [7, 11) is 0. The van der Waals surface area contributed by atoms with Crippen molar-refractivity contribution in [3.05, 3.63) is 25.8 Å². The molecule has 0 heterocycles. The van der Waals surface area contributed by atoms with Crippen LogP contribution < -0.4 is 18.9 Å².